The molecule has 0 spiro atoms. The third-order valence-corrected chi connectivity index (χ3v) is 9.85. The number of pyridine rings is 1. The lowest BCUT2D eigenvalue weighted by molar-refractivity contribution is -0.137. The molecule has 162 valence electrons. The normalized spacial score (nSPS) is 21.0. The van der Waals surface area contributed by atoms with Crippen LogP contribution in [0.25, 0.3) is 0 Å². The maximum atomic E-state index is 13.2. The van der Waals surface area contributed by atoms with E-state index in [9.17, 15) is 18.3 Å². The van der Waals surface area contributed by atoms with Crippen molar-refractivity contribution >= 4 is 14.1 Å². The Balaban J connectivity index is 2.53. The van der Waals surface area contributed by atoms with Gasteiger partial charge in [-0.3, -0.25) is 4.90 Å². The molecule has 0 fully saturated rings. The minimum atomic E-state index is -4.53. The summed E-state index contributed by atoms with van der Waals surface area (Å²) in [6.07, 6.45) is -4.00. The van der Waals surface area contributed by atoms with Gasteiger partial charge in [0.25, 0.3) is 0 Å². The molecule has 0 aromatic carbocycles. The van der Waals surface area contributed by atoms with Crippen LogP contribution in [0.4, 0.5) is 19.0 Å². The van der Waals surface area contributed by atoms with Crippen molar-refractivity contribution in [2.45, 2.75) is 64.5 Å². The van der Waals surface area contributed by atoms with Crippen LogP contribution >= 0.6 is 0 Å². The zero-order valence-electron chi connectivity index (χ0n) is 17.7. The zero-order valence-corrected chi connectivity index (χ0v) is 18.7. The van der Waals surface area contributed by atoms with E-state index in [2.05, 4.69) is 32.3 Å². The highest BCUT2D eigenvalue weighted by Crippen LogP contribution is 2.43. The fraction of sp³-hybridized carbons (Fsp3) is 0.550. The molecule has 0 saturated carbocycles. The van der Waals surface area contributed by atoms with Crippen molar-refractivity contribution in [2.75, 3.05) is 11.5 Å². The number of rotatable bonds is 6. The maximum absolute atomic E-state index is 13.2. The highest BCUT2D eigenvalue weighted by molar-refractivity contribution is 6.74. The van der Waals surface area contributed by atoms with E-state index in [1.807, 2.05) is 13.1 Å². The SMILES string of the molecule is C=CCOC1=C(C)C(O)N(c2cc(C(F)(F)F)ccn2)C1O[Si](C)(C)C(C)(C)C. The lowest BCUT2D eigenvalue weighted by Gasteiger charge is -2.41. The van der Waals surface area contributed by atoms with Crippen LogP contribution in [0.3, 0.4) is 0 Å². The van der Waals surface area contributed by atoms with Crippen LogP contribution in [-0.4, -0.2) is 37.5 Å². The number of hydrogen-bond donors (Lipinski definition) is 1. The van der Waals surface area contributed by atoms with Gasteiger partial charge in [-0.15, -0.1) is 0 Å². The van der Waals surface area contributed by atoms with E-state index in [0.717, 1.165) is 18.3 Å². The average molecular weight is 431 g/mol. The monoisotopic (exact) mass is 430 g/mol. The van der Waals surface area contributed by atoms with E-state index in [4.69, 9.17) is 9.16 Å². The molecule has 1 aromatic rings. The molecule has 2 heterocycles. The Morgan fingerprint density at radius 1 is 1.31 bits per heavy atom. The first-order valence-electron chi connectivity index (χ1n) is 9.32. The fourth-order valence-corrected chi connectivity index (χ4v) is 3.80. The van der Waals surface area contributed by atoms with Gasteiger partial charge in [-0.05, 0) is 37.2 Å². The first kappa shape index (κ1) is 23.4. The maximum Gasteiger partial charge on any atom is 0.416 e. The Morgan fingerprint density at radius 3 is 2.45 bits per heavy atom. The fourth-order valence-electron chi connectivity index (χ4n) is 2.67. The first-order chi connectivity index (χ1) is 13.2. The molecular weight excluding hydrogens is 401 g/mol. The molecule has 0 aliphatic carbocycles. The van der Waals surface area contributed by atoms with Gasteiger partial charge in [-0.1, -0.05) is 33.4 Å². The van der Waals surface area contributed by atoms with Crippen molar-refractivity contribution in [1.29, 1.82) is 0 Å². The molecule has 1 aromatic heterocycles. The van der Waals surface area contributed by atoms with E-state index in [1.54, 1.807) is 13.0 Å². The van der Waals surface area contributed by atoms with Gasteiger partial charge in [0.05, 0.1) is 5.56 Å². The van der Waals surface area contributed by atoms with Crippen LogP contribution < -0.4 is 4.90 Å². The first-order valence-corrected chi connectivity index (χ1v) is 12.2. The van der Waals surface area contributed by atoms with Gasteiger partial charge in [-0.25, -0.2) is 4.98 Å². The summed E-state index contributed by atoms with van der Waals surface area (Å²) >= 11 is 0. The van der Waals surface area contributed by atoms with E-state index < -0.39 is 32.5 Å². The van der Waals surface area contributed by atoms with Gasteiger partial charge in [0.15, 0.2) is 20.8 Å². The Hall–Kier alpha value is -1.84. The summed E-state index contributed by atoms with van der Waals surface area (Å²) in [4.78, 5) is 5.41. The van der Waals surface area contributed by atoms with Crippen LogP contribution in [0.15, 0.2) is 42.3 Å². The predicted octanol–water partition coefficient (Wildman–Crippen LogP) is 5.06. The Bertz CT molecular complexity index is 788. The number of aliphatic hydroxyl groups excluding tert-OH is 1. The second-order valence-electron chi connectivity index (χ2n) is 8.56. The van der Waals surface area contributed by atoms with Gasteiger partial charge in [0, 0.05) is 11.8 Å². The van der Waals surface area contributed by atoms with Gasteiger partial charge < -0.3 is 14.3 Å². The summed E-state index contributed by atoms with van der Waals surface area (Å²) in [5, 5.41) is 10.7. The number of ether oxygens (including phenoxy) is 1. The lowest BCUT2D eigenvalue weighted by atomic mass is 10.2. The molecule has 0 bridgehead atoms. The Labute approximate surface area is 171 Å². The predicted molar refractivity (Wildman–Crippen MR) is 109 cm³/mol. The molecule has 2 atom stereocenters. The molecule has 1 aliphatic rings. The standard InChI is InChI=1S/C20H29F3N2O3Si/c1-8-11-27-16-13(2)17(26)25(18(16)28-29(6,7)19(3,4)5)15-12-14(9-10-24-15)20(21,22)23/h8-10,12,17-18,26H,1,11H2,2-7H3. The molecule has 0 saturated heterocycles. The van der Waals surface area contributed by atoms with Crippen LogP contribution in [0, 0.1) is 0 Å². The molecule has 1 aliphatic heterocycles. The second kappa shape index (κ2) is 8.12. The molecule has 0 radical (unpaired) electrons. The number of aromatic nitrogens is 1. The minimum Gasteiger partial charge on any atom is -0.489 e. The largest absolute Gasteiger partial charge is 0.489 e. The van der Waals surface area contributed by atoms with Gasteiger partial charge >= 0.3 is 6.18 Å². The Kier molecular flexibility index (Phi) is 6.56. The van der Waals surface area contributed by atoms with E-state index in [-0.39, 0.29) is 17.5 Å². The van der Waals surface area contributed by atoms with Crippen LogP contribution in [0.5, 0.6) is 0 Å². The third-order valence-electron chi connectivity index (χ3n) is 5.42. The number of aliphatic hydroxyl groups is 1. The summed E-state index contributed by atoms with van der Waals surface area (Å²) in [6, 6.07) is 1.81. The van der Waals surface area contributed by atoms with Crippen molar-refractivity contribution in [2.24, 2.45) is 0 Å². The summed E-state index contributed by atoms with van der Waals surface area (Å²) in [5.41, 5.74) is -0.381. The van der Waals surface area contributed by atoms with E-state index >= 15 is 0 Å². The smallest absolute Gasteiger partial charge is 0.416 e. The minimum absolute atomic E-state index is 0.0346. The average Bonchev–Trinajstić information content (AvgIpc) is 2.81. The topological polar surface area (TPSA) is 54.8 Å². The molecule has 29 heavy (non-hydrogen) atoms. The van der Waals surface area contributed by atoms with Crippen LogP contribution in [0.2, 0.25) is 18.1 Å². The number of nitrogens with zero attached hydrogens (tertiary/aromatic N) is 2. The van der Waals surface area contributed by atoms with Crippen molar-refractivity contribution < 1.29 is 27.4 Å². The van der Waals surface area contributed by atoms with Gasteiger partial charge in [0.1, 0.15) is 18.2 Å². The highest BCUT2D eigenvalue weighted by atomic mass is 28.4. The van der Waals surface area contributed by atoms with Crippen LogP contribution in [-0.2, 0) is 15.3 Å². The lowest BCUT2D eigenvalue weighted by Crippen LogP contribution is -2.50. The summed E-state index contributed by atoms with van der Waals surface area (Å²) in [6.45, 7) is 15.7. The van der Waals surface area contributed by atoms with Crippen molar-refractivity contribution in [1.82, 2.24) is 4.98 Å². The quantitative estimate of drug-likeness (QED) is 0.505. The number of hydrogen-bond acceptors (Lipinski definition) is 5. The van der Waals surface area contributed by atoms with Gasteiger partial charge in [-0.2, -0.15) is 13.2 Å². The number of anilines is 1. The number of halogens is 3. The Morgan fingerprint density at radius 2 is 1.93 bits per heavy atom. The molecule has 2 rings (SSSR count). The van der Waals surface area contributed by atoms with Crippen molar-refractivity contribution in [3.05, 3.63) is 47.9 Å². The van der Waals surface area contributed by atoms with E-state index in [0.29, 0.717) is 11.3 Å². The zero-order chi connectivity index (χ0) is 22.2. The molecule has 1 N–H and O–H groups in total. The van der Waals surface area contributed by atoms with Crippen LogP contribution in [0.1, 0.15) is 33.3 Å². The van der Waals surface area contributed by atoms with Crippen molar-refractivity contribution in [3.8, 4) is 0 Å². The number of alkyl halides is 3. The van der Waals surface area contributed by atoms with Gasteiger partial charge in [0.2, 0.25) is 0 Å². The highest BCUT2D eigenvalue weighted by Gasteiger charge is 2.47. The van der Waals surface area contributed by atoms with Crippen molar-refractivity contribution in [3.63, 3.8) is 0 Å². The summed E-state index contributed by atoms with van der Waals surface area (Å²) < 4.78 is 51.9. The summed E-state index contributed by atoms with van der Waals surface area (Å²) in [5.74, 6) is 0.342. The summed E-state index contributed by atoms with van der Waals surface area (Å²) in [7, 11) is -2.38. The second-order valence-corrected chi connectivity index (χ2v) is 13.3. The molecule has 2 unspecified atom stereocenters. The molecule has 5 nitrogen and oxygen atoms in total. The molecule has 0 amide bonds. The van der Waals surface area contributed by atoms with E-state index in [1.165, 1.54) is 4.90 Å². The third kappa shape index (κ3) is 4.84. The molecule has 9 heteroatoms. The molecular formula is C20H29F3N2O3Si.